The monoisotopic (exact) mass is 190 g/mol. The van der Waals surface area contributed by atoms with Gasteiger partial charge in [-0.25, -0.2) is 0 Å². The number of aryl methyl sites for hydroxylation is 1. The van der Waals surface area contributed by atoms with Gasteiger partial charge in [0.15, 0.2) is 0 Å². The van der Waals surface area contributed by atoms with Crippen LogP contribution in [0.1, 0.15) is 31.1 Å². The fourth-order valence-electron chi connectivity index (χ4n) is 1.78. The van der Waals surface area contributed by atoms with Crippen molar-refractivity contribution >= 4 is 11.0 Å². The van der Waals surface area contributed by atoms with Gasteiger partial charge in [-0.3, -0.25) is 0 Å². The minimum atomic E-state index is 0.289. The second-order valence-electron chi connectivity index (χ2n) is 3.93. The van der Waals surface area contributed by atoms with Crippen molar-refractivity contribution in [3.8, 4) is 5.75 Å². The fraction of sp³-hybridized carbons (Fsp3) is 0.333. The molecule has 0 unspecified atom stereocenters. The van der Waals surface area contributed by atoms with Crippen LogP contribution < -0.4 is 0 Å². The first-order valence-corrected chi connectivity index (χ1v) is 4.81. The molecule has 1 aromatic carbocycles. The van der Waals surface area contributed by atoms with Crippen molar-refractivity contribution in [3.63, 3.8) is 0 Å². The molecule has 0 aliphatic rings. The number of fused-ring (bicyclic) bond motifs is 1. The van der Waals surface area contributed by atoms with Gasteiger partial charge in [-0.1, -0.05) is 13.8 Å². The van der Waals surface area contributed by atoms with Crippen molar-refractivity contribution < 1.29 is 9.52 Å². The molecule has 0 amide bonds. The van der Waals surface area contributed by atoms with Gasteiger partial charge in [0.05, 0.1) is 0 Å². The van der Waals surface area contributed by atoms with Crippen molar-refractivity contribution in [1.29, 1.82) is 0 Å². The number of benzene rings is 1. The summed E-state index contributed by atoms with van der Waals surface area (Å²) in [5, 5.41) is 10.4. The van der Waals surface area contributed by atoms with E-state index in [4.69, 9.17) is 4.42 Å². The molecule has 0 radical (unpaired) electrons. The second-order valence-corrected chi connectivity index (χ2v) is 3.93. The number of aromatic hydroxyl groups is 1. The molecule has 0 spiro atoms. The SMILES string of the molecule is Cc1c(C(C)C)oc2ccc(O)cc12. The Labute approximate surface area is 83.2 Å². The van der Waals surface area contributed by atoms with Gasteiger partial charge in [0.1, 0.15) is 17.1 Å². The maximum atomic E-state index is 9.36. The first kappa shape index (κ1) is 9.13. The summed E-state index contributed by atoms with van der Waals surface area (Å²) in [6, 6.07) is 5.21. The van der Waals surface area contributed by atoms with E-state index in [1.54, 1.807) is 12.1 Å². The molecule has 2 rings (SSSR count). The summed E-state index contributed by atoms with van der Waals surface area (Å²) >= 11 is 0. The van der Waals surface area contributed by atoms with Crippen molar-refractivity contribution in [3.05, 3.63) is 29.5 Å². The summed E-state index contributed by atoms with van der Waals surface area (Å²) < 4.78 is 5.70. The standard InChI is InChI=1S/C12H14O2/c1-7(2)12-8(3)10-6-9(13)4-5-11(10)14-12/h4-7,13H,1-3H3. The first-order valence-electron chi connectivity index (χ1n) is 4.81. The maximum Gasteiger partial charge on any atom is 0.134 e. The quantitative estimate of drug-likeness (QED) is 0.745. The zero-order valence-corrected chi connectivity index (χ0v) is 8.66. The third-order valence-corrected chi connectivity index (χ3v) is 2.48. The molecule has 2 aromatic rings. The van der Waals surface area contributed by atoms with Gasteiger partial charge in [-0.05, 0) is 30.7 Å². The third kappa shape index (κ3) is 1.27. The minimum Gasteiger partial charge on any atom is -0.508 e. The van der Waals surface area contributed by atoms with Crippen molar-refractivity contribution in [1.82, 2.24) is 0 Å². The summed E-state index contributed by atoms with van der Waals surface area (Å²) in [6.45, 7) is 6.23. The van der Waals surface area contributed by atoms with Crippen LogP contribution in [0.4, 0.5) is 0 Å². The van der Waals surface area contributed by atoms with Crippen LogP contribution in [0.5, 0.6) is 5.75 Å². The number of hydrogen-bond donors (Lipinski definition) is 1. The number of rotatable bonds is 1. The van der Waals surface area contributed by atoms with Crippen LogP contribution in [0, 0.1) is 6.92 Å². The molecule has 74 valence electrons. The lowest BCUT2D eigenvalue weighted by Crippen LogP contribution is -1.85. The molecule has 0 atom stereocenters. The molecular weight excluding hydrogens is 176 g/mol. The van der Waals surface area contributed by atoms with Crippen LogP contribution in [0.25, 0.3) is 11.0 Å². The van der Waals surface area contributed by atoms with Gasteiger partial charge >= 0.3 is 0 Å². The molecule has 0 saturated heterocycles. The minimum absolute atomic E-state index is 0.289. The van der Waals surface area contributed by atoms with Gasteiger partial charge in [0.2, 0.25) is 0 Å². The van der Waals surface area contributed by atoms with Gasteiger partial charge in [-0.2, -0.15) is 0 Å². The molecule has 0 fully saturated rings. The number of phenols is 1. The van der Waals surface area contributed by atoms with Crippen LogP contribution in [-0.2, 0) is 0 Å². The zero-order chi connectivity index (χ0) is 10.3. The summed E-state index contributed by atoms with van der Waals surface area (Å²) in [5.41, 5.74) is 1.98. The molecular formula is C12H14O2. The molecule has 1 heterocycles. The molecule has 0 bridgehead atoms. The molecule has 0 saturated carbocycles. The van der Waals surface area contributed by atoms with Crippen LogP contribution in [0.3, 0.4) is 0 Å². The lowest BCUT2D eigenvalue weighted by atomic mass is 10.1. The predicted octanol–water partition coefficient (Wildman–Crippen LogP) is 3.57. The Morgan fingerprint density at radius 1 is 1.29 bits per heavy atom. The van der Waals surface area contributed by atoms with Gasteiger partial charge in [0.25, 0.3) is 0 Å². The molecule has 2 heteroatoms. The van der Waals surface area contributed by atoms with E-state index in [1.165, 1.54) is 0 Å². The van der Waals surface area contributed by atoms with Crippen LogP contribution in [-0.4, -0.2) is 5.11 Å². The van der Waals surface area contributed by atoms with E-state index < -0.39 is 0 Å². The van der Waals surface area contributed by atoms with E-state index >= 15 is 0 Å². The Bertz CT molecular complexity index is 466. The number of furan rings is 1. The highest BCUT2D eigenvalue weighted by molar-refractivity contribution is 5.83. The van der Waals surface area contributed by atoms with E-state index in [0.717, 1.165) is 22.3 Å². The summed E-state index contributed by atoms with van der Waals surface area (Å²) in [5.74, 6) is 1.67. The van der Waals surface area contributed by atoms with Gasteiger partial charge in [0, 0.05) is 11.3 Å². The zero-order valence-electron chi connectivity index (χ0n) is 8.66. The Kier molecular flexibility index (Phi) is 1.99. The van der Waals surface area contributed by atoms with Gasteiger partial charge in [-0.15, -0.1) is 0 Å². The maximum absolute atomic E-state index is 9.36. The topological polar surface area (TPSA) is 33.4 Å². The molecule has 2 nitrogen and oxygen atoms in total. The second kappa shape index (κ2) is 3.05. The van der Waals surface area contributed by atoms with Gasteiger partial charge < -0.3 is 9.52 Å². The van der Waals surface area contributed by atoms with Crippen molar-refractivity contribution in [2.45, 2.75) is 26.7 Å². The fourth-order valence-corrected chi connectivity index (χ4v) is 1.78. The predicted molar refractivity (Wildman–Crippen MR) is 56.7 cm³/mol. The lowest BCUT2D eigenvalue weighted by molar-refractivity contribution is 0.475. The highest BCUT2D eigenvalue weighted by atomic mass is 16.3. The van der Waals surface area contributed by atoms with Crippen LogP contribution in [0.2, 0.25) is 0 Å². The van der Waals surface area contributed by atoms with Crippen molar-refractivity contribution in [2.24, 2.45) is 0 Å². The van der Waals surface area contributed by atoms with E-state index in [2.05, 4.69) is 13.8 Å². The van der Waals surface area contributed by atoms with E-state index in [0.29, 0.717) is 5.92 Å². The Morgan fingerprint density at radius 3 is 2.64 bits per heavy atom. The van der Waals surface area contributed by atoms with E-state index in [9.17, 15) is 5.11 Å². The normalized spacial score (nSPS) is 11.4. The average molecular weight is 190 g/mol. The summed E-state index contributed by atoms with van der Waals surface area (Å²) in [7, 11) is 0. The molecule has 0 aliphatic carbocycles. The van der Waals surface area contributed by atoms with E-state index in [1.807, 2.05) is 13.0 Å². The first-order chi connectivity index (χ1) is 6.59. The Hall–Kier alpha value is -1.44. The third-order valence-electron chi connectivity index (χ3n) is 2.48. The number of hydrogen-bond acceptors (Lipinski definition) is 2. The smallest absolute Gasteiger partial charge is 0.134 e. The van der Waals surface area contributed by atoms with Crippen LogP contribution >= 0.6 is 0 Å². The molecule has 0 aliphatic heterocycles. The Morgan fingerprint density at radius 2 is 2.00 bits per heavy atom. The highest BCUT2D eigenvalue weighted by Crippen LogP contribution is 2.31. The van der Waals surface area contributed by atoms with Crippen LogP contribution in [0.15, 0.2) is 22.6 Å². The molecule has 1 aromatic heterocycles. The average Bonchev–Trinajstić information content (AvgIpc) is 2.44. The largest absolute Gasteiger partial charge is 0.508 e. The van der Waals surface area contributed by atoms with E-state index in [-0.39, 0.29) is 5.75 Å². The molecule has 1 N–H and O–H groups in total. The highest BCUT2D eigenvalue weighted by Gasteiger charge is 2.13. The summed E-state index contributed by atoms with van der Waals surface area (Å²) in [4.78, 5) is 0. The van der Waals surface area contributed by atoms with Crippen molar-refractivity contribution in [2.75, 3.05) is 0 Å². The summed E-state index contributed by atoms with van der Waals surface area (Å²) in [6.07, 6.45) is 0. The lowest BCUT2D eigenvalue weighted by Gasteiger charge is -1.99. The Balaban J connectivity index is 2.74. The molecule has 14 heavy (non-hydrogen) atoms. The number of phenolic OH excluding ortho intramolecular Hbond substituents is 1.